The number of nitrogens with zero attached hydrogens (tertiary/aromatic N) is 1. The molecule has 0 radical (unpaired) electrons. The Balaban J connectivity index is 3.53. The third-order valence-corrected chi connectivity index (χ3v) is 4.21. The SMILES string of the molecule is COC(=O)C1=C[C@@H](N=C(NC(=O)OC(C)(C)C)NC(=O)OC(C)(C)C)[C@H](NC(C)=O)[C@H](OC(C)=O)C1. The molecule has 3 amide bonds. The first-order valence-corrected chi connectivity index (χ1v) is 11.2. The molecule has 0 spiro atoms. The van der Waals surface area contributed by atoms with E-state index in [4.69, 9.17) is 18.9 Å². The Morgan fingerprint density at radius 3 is 1.81 bits per heavy atom. The Morgan fingerprint density at radius 2 is 1.42 bits per heavy atom. The van der Waals surface area contributed by atoms with Gasteiger partial charge in [-0.15, -0.1) is 0 Å². The smallest absolute Gasteiger partial charge is 0.414 e. The number of carbonyl (C=O) groups excluding carboxylic acids is 5. The number of amides is 3. The van der Waals surface area contributed by atoms with Crippen LogP contribution >= 0.6 is 0 Å². The van der Waals surface area contributed by atoms with E-state index in [9.17, 15) is 24.0 Å². The maximum Gasteiger partial charge on any atom is 0.414 e. The van der Waals surface area contributed by atoms with Gasteiger partial charge in [-0.3, -0.25) is 20.2 Å². The number of methoxy groups -OCH3 is 1. The van der Waals surface area contributed by atoms with Crippen LogP contribution < -0.4 is 16.0 Å². The summed E-state index contributed by atoms with van der Waals surface area (Å²) >= 11 is 0. The number of carbonyl (C=O) groups is 5. The number of ether oxygens (including phenoxy) is 4. The number of alkyl carbamates (subject to hydrolysis) is 2. The fourth-order valence-corrected chi connectivity index (χ4v) is 3.13. The predicted molar refractivity (Wildman–Crippen MR) is 128 cm³/mol. The molecule has 13 nitrogen and oxygen atoms in total. The summed E-state index contributed by atoms with van der Waals surface area (Å²) in [5, 5.41) is 7.32. The Kier molecular flexibility index (Phi) is 10.4. The Bertz CT molecular complexity index is 897. The molecular formula is C23H36N4O9. The predicted octanol–water partition coefficient (Wildman–Crippen LogP) is 1.70. The molecule has 0 aromatic rings. The number of nitrogens with one attached hydrogen (secondary N) is 3. The van der Waals surface area contributed by atoms with Gasteiger partial charge in [-0.25, -0.2) is 19.4 Å². The largest absolute Gasteiger partial charge is 0.466 e. The van der Waals surface area contributed by atoms with E-state index in [1.54, 1.807) is 41.5 Å². The third kappa shape index (κ3) is 11.2. The molecule has 0 saturated carbocycles. The van der Waals surface area contributed by atoms with E-state index in [1.165, 1.54) is 27.0 Å². The average Bonchev–Trinajstić information content (AvgIpc) is 2.65. The standard InChI is InChI=1S/C23H36N4O9/c1-12(28)24-17-15(10-14(18(30)33-9)11-16(17)34-13(2)29)25-19(26-20(31)35-22(3,4)5)27-21(32)36-23(6,7)8/h10,15-17H,11H2,1-9H3,(H,24,28)(H2,25,26,27,31,32)/t15-,16-,17+/m1/s1. The summed E-state index contributed by atoms with van der Waals surface area (Å²) in [4.78, 5) is 65.1. The highest BCUT2D eigenvalue weighted by molar-refractivity contribution is 6.01. The minimum atomic E-state index is -1.08. The molecule has 3 N–H and O–H groups in total. The molecule has 0 aromatic heterocycles. The molecule has 1 aliphatic carbocycles. The highest BCUT2D eigenvalue weighted by Gasteiger charge is 2.39. The van der Waals surface area contributed by atoms with E-state index < -0.39 is 59.4 Å². The van der Waals surface area contributed by atoms with Crippen molar-refractivity contribution in [3.63, 3.8) is 0 Å². The highest BCUT2D eigenvalue weighted by Crippen LogP contribution is 2.25. The van der Waals surface area contributed by atoms with Crippen molar-refractivity contribution in [3.8, 4) is 0 Å². The molecule has 0 fully saturated rings. The van der Waals surface area contributed by atoms with Crippen molar-refractivity contribution in [3.05, 3.63) is 11.6 Å². The minimum Gasteiger partial charge on any atom is -0.466 e. The maximum absolute atomic E-state index is 12.4. The van der Waals surface area contributed by atoms with Crippen LogP contribution in [-0.4, -0.2) is 72.5 Å². The van der Waals surface area contributed by atoms with E-state index in [-0.39, 0.29) is 18.0 Å². The molecule has 0 bridgehead atoms. The van der Waals surface area contributed by atoms with Gasteiger partial charge in [-0.05, 0) is 47.6 Å². The Morgan fingerprint density at radius 1 is 0.917 bits per heavy atom. The van der Waals surface area contributed by atoms with Crippen LogP contribution in [0.15, 0.2) is 16.6 Å². The van der Waals surface area contributed by atoms with E-state index in [1.807, 2.05) is 0 Å². The van der Waals surface area contributed by atoms with Crippen molar-refractivity contribution in [1.82, 2.24) is 16.0 Å². The zero-order valence-electron chi connectivity index (χ0n) is 22.1. The lowest BCUT2D eigenvalue weighted by Crippen LogP contribution is -2.55. The zero-order valence-corrected chi connectivity index (χ0v) is 22.1. The molecule has 0 heterocycles. The minimum absolute atomic E-state index is 0.0580. The van der Waals surface area contributed by atoms with Crippen LogP contribution in [0.5, 0.6) is 0 Å². The van der Waals surface area contributed by atoms with Crippen molar-refractivity contribution in [2.75, 3.05) is 7.11 Å². The summed E-state index contributed by atoms with van der Waals surface area (Å²) < 4.78 is 20.6. The molecule has 0 aromatic carbocycles. The van der Waals surface area contributed by atoms with E-state index >= 15 is 0 Å². The van der Waals surface area contributed by atoms with Crippen molar-refractivity contribution in [2.45, 2.75) is 91.2 Å². The summed E-state index contributed by atoms with van der Waals surface area (Å²) in [5.41, 5.74) is -1.60. The second-order valence-electron chi connectivity index (χ2n) is 9.98. The topological polar surface area (TPSA) is 171 Å². The van der Waals surface area contributed by atoms with E-state index in [0.29, 0.717) is 0 Å². The van der Waals surface area contributed by atoms with Gasteiger partial charge in [0.05, 0.1) is 19.2 Å². The molecular weight excluding hydrogens is 476 g/mol. The maximum atomic E-state index is 12.4. The van der Waals surface area contributed by atoms with E-state index in [0.717, 1.165) is 0 Å². The zero-order chi connectivity index (χ0) is 27.8. The normalized spacial score (nSPS) is 19.6. The van der Waals surface area contributed by atoms with Gasteiger partial charge in [-0.1, -0.05) is 0 Å². The molecule has 0 aliphatic heterocycles. The van der Waals surface area contributed by atoms with Crippen molar-refractivity contribution < 1.29 is 42.9 Å². The van der Waals surface area contributed by atoms with Crippen LogP contribution in [0.25, 0.3) is 0 Å². The van der Waals surface area contributed by atoms with Crippen LogP contribution in [0.1, 0.15) is 61.8 Å². The first kappa shape index (κ1) is 30.4. The van der Waals surface area contributed by atoms with Gasteiger partial charge >= 0.3 is 24.1 Å². The molecule has 36 heavy (non-hydrogen) atoms. The lowest BCUT2D eigenvalue weighted by Gasteiger charge is -2.34. The molecule has 0 saturated heterocycles. The van der Waals surface area contributed by atoms with Gasteiger partial charge in [0.15, 0.2) is 0 Å². The Hall–Kier alpha value is -3.64. The van der Waals surface area contributed by atoms with Crippen molar-refractivity contribution >= 4 is 36.0 Å². The van der Waals surface area contributed by atoms with Gasteiger partial charge in [0.1, 0.15) is 17.3 Å². The van der Waals surface area contributed by atoms with Crippen molar-refractivity contribution in [2.24, 2.45) is 4.99 Å². The van der Waals surface area contributed by atoms with Crippen LogP contribution in [0.3, 0.4) is 0 Å². The number of hydrogen-bond donors (Lipinski definition) is 3. The molecule has 1 rings (SSSR count). The Labute approximate surface area is 210 Å². The molecule has 1 aliphatic rings. The summed E-state index contributed by atoms with van der Waals surface area (Å²) in [7, 11) is 1.18. The van der Waals surface area contributed by atoms with Crippen LogP contribution in [0, 0.1) is 0 Å². The lowest BCUT2D eigenvalue weighted by atomic mass is 9.88. The monoisotopic (exact) mass is 512 g/mol. The number of esters is 2. The first-order chi connectivity index (χ1) is 16.4. The number of hydrogen-bond acceptors (Lipinski definition) is 10. The highest BCUT2D eigenvalue weighted by atomic mass is 16.6. The number of rotatable bonds is 4. The van der Waals surface area contributed by atoms with Gasteiger partial charge in [0.25, 0.3) is 0 Å². The lowest BCUT2D eigenvalue weighted by molar-refractivity contribution is -0.150. The van der Waals surface area contributed by atoms with E-state index in [2.05, 4.69) is 20.9 Å². The number of guanidine groups is 1. The second-order valence-corrected chi connectivity index (χ2v) is 9.98. The van der Waals surface area contributed by atoms with Crippen molar-refractivity contribution in [1.29, 1.82) is 0 Å². The van der Waals surface area contributed by atoms with Crippen LogP contribution in [-0.2, 0) is 33.3 Å². The molecule has 0 unspecified atom stereocenters. The second kappa shape index (κ2) is 12.4. The van der Waals surface area contributed by atoms with Gasteiger partial charge in [0.2, 0.25) is 11.9 Å². The van der Waals surface area contributed by atoms with Crippen LogP contribution in [0.2, 0.25) is 0 Å². The summed E-state index contributed by atoms with van der Waals surface area (Å²) in [6, 6.07) is -2.03. The summed E-state index contributed by atoms with van der Waals surface area (Å²) in [6.45, 7) is 12.3. The molecule has 202 valence electrons. The summed E-state index contributed by atoms with van der Waals surface area (Å²) in [6.07, 6.45) is -1.53. The quantitative estimate of drug-likeness (QED) is 0.219. The average molecular weight is 513 g/mol. The van der Waals surface area contributed by atoms with Crippen LogP contribution in [0.4, 0.5) is 9.59 Å². The first-order valence-electron chi connectivity index (χ1n) is 11.2. The number of aliphatic imine (C=N–C) groups is 1. The fraction of sp³-hybridized carbons (Fsp3) is 0.652. The third-order valence-electron chi connectivity index (χ3n) is 4.21. The fourth-order valence-electron chi connectivity index (χ4n) is 3.13. The van der Waals surface area contributed by atoms with Gasteiger partial charge in [0, 0.05) is 25.8 Å². The molecule has 13 heteroatoms. The summed E-state index contributed by atoms with van der Waals surface area (Å²) in [5.74, 6) is -2.20. The van der Waals surface area contributed by atoms with Gasteiger partial charge < -0.3 is 24.3 Å². The van der Waals surface area contributed by atoms with Gasteiger partial charge in [-0.2, -0.15) is 0 Å². The molecule has 3 atom stereocenters.